The van der Waals surface area contributed by atoms with E-state index in [0.717, 1.165) is 5.01 Å². The molecular weight excluding hydrogens is 146 g/mol. The number of carbonyl (C=O) groups is 2. The molecule has 0 saturated carbocycles. The largest absolute Gasteiger partial charge is 0.329 e. The van der Waals surface area contributed by atoms with Crippen molar-refractivity contribution in [2.75, 3.05) is 13.1 Å². The molecule has 0 rings (SSSR count). The van der Waals surface area contributed by atoms with Crippen LogP contribution in [0.25, 0.3) is 0 Å². The second-order valence-corrected chi connectivity index (χ2v) is 2.07. The van der Waals surface area contributed by atoms with Crippen LogP contribution in [-0.4, -0.2) is 29.9 Å². The van der Waals surface area contributed by atoms with E-state index in [9.17, 15) is 9.59 Å². The third-order valence-corrected chi connectivity index (χ3v) is 1.04. The van der Waals surface area contributed by atoms with Gasteiger partial charge in [-0.1, -0.05) is 0 Å². The molecule has 0 heterocycles. The Morgan fingerprint density at radius 3 is 2.09 bits per heavy atom. The maximum Gasteiger partial charge on any atom is 0.240 e. The van der Waals surface area contributed by atoms with Gasteiger partial charge < -0.3 is 5.73 Å². The molecule has 0 aromatic carbocycles. The molecule has 3 N–H and O–H groups in total. The summed E-state index contributed by atoms with van der Waals surface area (Å²) in [6.45, 7) is 3.42. The van der Waals surface area contributed by atoms with Gasteiger partial charge >= 0.3 is 0 Å². The van der Waals surface area contributed by atoms with Crippen molar-refractivity contribution in [3.05, 3.63) is 0 Å². The normalized spacial score (nSPS) is 9.36. The van der Waals surface area contributed by atoms with E-state index in [0.29, 0.717) is 13.1 Å². The predicted octanol–water partition coefficient (Wildman–Crippen LogP) is -1.16. The molecule has 0 unspecified atom stereocenters. The van der Waals surface area contributed by atoms with E-state index >= 15 is 0 Å². The number of amides is 2. The Morgan fingerprint density at radius 2 is 1.82 bits per heavy atom. The molecule has 5 heteroatoms. The second kappa shape index (κ2) is 4.81. The van der Waals surface area contributed by atoms with Crippen molar-refractivity contribution >= 4 is 11.8 Å². The summed E-state index contributed by atoms with van der Waals surface area (Å²) in [7, 11) is 0. The fourth-order valence-corrected chi connectivity index (χ4v) is 0.621. The van der Waals surface area contributed by atoms with Gasteiger partial charge in [-0.05, 0) is 0 Å². The lowest BCUT2D eigenvalue weighted by Crippen LogP contribution is -2.46. The molecule has 0 aliphatic heterocycles. The standard InChI is InChI=1S/C6H13N3O2/c1-5(10)9(6(2)11)8-4-3-7/h8H,3-4,7H2,1-2H3. The van der Waals surface area contributed by atoms with Crippen LogP contribution in [0, 0.1) is 0 Å². The molecule has 64 valence electrons. The lowest BCUT2D eigenvalue weighted by atomic mass is 10.5. The van der Waals surface area contributed by atoms with Crippen molar-refractivity contribution in [3.8, 4) is 0 Å². The zero-order valence-electron chi connectivity index (χ0n) is 6.76. The first-order valence-corrected chi connectivity index (χ1v) is 3.34. The number of nitrogens with zero attached hydrogens (tertiary/aromatic N) is 1. The quantitative estimate of drug-likeness (QED) is 0.509. The Balaban J connectivity index is 3.90. The molecule has 2 amide bonds. The van der Waals surface area contributed by atoms with Crippen LogP contribution >= 0.6 is 0 Å². The number of hydrogen-bond donors (Lipinski definition) is 2. The summed E-state index contributed by atoms with van der Waals surface area (Å²) in [5, 5.41) is 0.937. The van der Waals surface area contributed by atoms with Gasteiger partial charge in [0, 0.05) is 26.9 Å². The average molecular weight is 159 g/mol. The van der Waals surface area contributed by atoms with Gasteiger partial charge in [0.05, 0.1) is 0 Å². The van der Waals surface area contributed by atoms with Crippen LogP contribution in [0.5, 0.6) is 0 Å². The van der Waals surface area contributed by atoms with Crippen molar-refractivity contribution < 1.29 is 9.59 Å². The Kier molecular flexibility index (Phi) is 4.40. The topological polar surface area (TPSA) is 75.4 Å². The molecule has 0 spiro atoms. The minimum absolute atomic E-state index is 0.328. The van der Waals surface area contributed by atoms with Gasteiger partial charge in [0.15, 0.2) is 0 Å². The lowest BCUT2D eigenvalue weighted by Gasteiger charge is -2.16. The van der Waals surface area contributed by atoms with Crippen LogP contribution < -0.4 is 11.2 Å². The van der Waals surface area contributed by atoms with E-state index < -0.39 is 0 Å². The van der Waals surface area contributed by atoms with Gasteiger partial charge in [-0.3, -0.25) is 9.59 Å². The number of hydrogen-bond acceptors (Lipinski definition) is 4. The fourth-order valence-electron chi connectivity index (χ4n) is 0.621. The van der Waals surface area contributed by atoms with Gasteiger partial charge in [-0.2, -0.15) is 0 Å². The van der Waals surface area contributed by atoms with Crippen LogP contribution in [0.1, 0.15) is 13.8 Å². The number of carbonyl (C=O) groups excluding carboxylic acids is 2. The van der Waals surface area contributed by atoms with Gasteiger partial charge in [-0.25, -0.2) is 10.4 Å². The molecule has 0 aliphatic carbocycles. The van der Waals surface area contributed by atoms with Crippen molar-refractivity contribution in [2.24, 2.45) is 5.73 Å². The summed E-state index contributed by atoms with van der Waals surface area (Å²) in [6, 6.07) is 0. The fraction of sp³-hybridized carbons (Fsp3) is 0.667. The van der Waals surface area contributed by atoms with Crippen LogP contribution in [0.3, 0.4) is 0 Å². The minimum atomic E-state index is -0.328. The first-order chi connectivity index (χ1) is 5.09. The van der Waals surface area contributed by atoms with E-state index in [4.69, 9.17) is 5.73 Å². The number of nitrogens with two attached hydrogens (primary N) is 1. The molecule has 0 fully saturated rings. The van der Waals surface area contributed by atoms with E-state index in [-0.39, 0.29) is 11.8 Å². The van der Waals surface area contributed by atoms with E-state index in [2.05, 4.69) is 5.43 Å². The molecule has 0 bridgehead atoms. The maximum atomic E-state index is 10.7. The highest BCUT2D eigenvalue weighted by Crippen LogP contribution is 1.83. The molecule has 0 aromatic rings. The van der Waals surface area contributed by atoms with Gasteiger partial charge in [-0.15, -0.1) is 0 Å². The van der Waals surface area contributed by atoms with Crippen LogP contribution in [-0.2, 0) is 9.59 Å². The molecule has 5 nitrogen and oxygen atoms in total. The van der Waals surface area contributed by atoms with Crippen LogP contribution in [0.15, 0.2) is 0 Å². The summed E-state index contributed by atoms with van der Waals surface area (Å²) < 4.78 is 0. The second-order valence-electron chi connectivity index (χ2n) is 2.07. The summed E-state index contributed by atoms with van der Waals surface area (Å²) in [5.74, 6) is -0.656. The predicted molar refractivity (Wildman–Crippen MR) is 40.3 cm³/mol. The molecule has 0 atom stereocenters. The molecule has 0 aromatic heterocycles. The number of imide groups is 1. The number of hydrazine groups is 1. The molecule has 0 aliphatic rings. The van der Waals surface area contributed by atoms with Crippen molar-refractivity contribution in [1.29, 1.82) is 0 Å². The SMILES string of the molecule is CC(=O)N(NCCN)C(C)=O. The molecular formula is C6H13N3O2. The van der Waals surface area contributed by atoms with Crippen LogP contribution in [0.2, 0.25) is 0 Å². The highest BCUT2D eigenvalue weighted by atomic mass is 16.2. The Bertz CT molecular complexity index is 144. The van der Waals surface area contributed by atoms with Gasteiger partial charge in [0.1, 0.15) is 0 Å². The van der Waals surface area contributed by atoms with Crippen molar-refractivity contribution in [1.82, 2.24) is 10.4 Å². The van der Waals surface area contributed by atoms with E-state index in [1.165, 1.54) is 13.8 Å². The lowest BCUT2D eigenvalue weighted by molar-refractivity contribution is -0.145. The smallest absolute Gasteiger partial charge is 0.240 e. The number of nitrogens with one attached hydrogen (secondary N) is 1. The van der Waals surface area contributed by atoms with E-state index in [1.807, 2.05) is 0 Å². The Morgan fingerprint density at radius 1 is 1.36 bits per heavy atom. The molecule has 0 radical (unpaired) electrons. The third-order valence-electron chi connectivity index (χ3n) is 1.04. The summed E-state index contributed by atoms with van der Waals surface area (Å²) in [6.07, 6.45) is 0. The Labute approximate surface area is 65.5 Å². The Hall–Kier alpha value is -0.940. The molecule has 11 heavy (non-hydrogen) atoms. The van der Waals surface area contributed by atoms with Gasteiger partial charge in [0.25, 0.3) is 0 Å². The highest BCUT2D eigenvalue weighted by molar-refractivity contribution is 5.92. The summed E-state index contributed by atoms with van der Waals surface area (Å²) in [5.41, 5.74) is 7.74. The van der Waals surface area contributed by atoms with E-state index in [1.54, 1.807) is 0 Å². The first-order valence-electron chi connectivity index (χ1n) is 3.34. The zero-order valence-corrected chi connectivity index (χ0v) is 6.76. The van der Waals surface area contributed by atoms with Gasteiger partial charge in [0.2, 0.25) is 11.8 Å². The maximum absolute atomic E-state index is 10.7. The first kappa shape index (κ1) is 10.1. The summed E-state index contributed by atoms with van der Waals surface area (Å²) in [4.78, 5) is 21.4. The summed E-state index contributed by atoms with van der Waals surface area (Å²) >= 11 is 0. The van der Waals surface area contributed by atoms with Crippen molar-refractivity contribution in [2.45, 2.75) is 13.8 Å². The minimum Gasteiger partial charge on any atom is -0.329 e. The average Bonchev–Trinajstić information content (AvgIpc) is 1.87. The zero-order chi connectivity index (χ0) is 8.85. The monoisotopic (exact) mass is 159 g/mol. The molecule has 0 saturated heterocycles. The number of rotatable bonds is 3. The highest BCUT2D eigenvalue weighted by Gasteiger charge is 2.11. The third kappa shape index (κ3) is 3.69. The van der Waals surface area contributed by atoms with Crippen molar-refractivity contribution in [3.63, 3.8) is 0 Å². The van der Waals surface area contributed by atoms with Crippen LogP contribution in [0.4, 0.5) is 0 Å².